The van der Waals surface area contributed by atoms with Crippen molar-refractivity contribution in [2.75, 3.05) is 0 Å². The quantitative estimate of drug-likeness (QED) is 0.907. The van der Waals surface area contributed by atoms with Crippen LogP contribution >= 0.6 is 0 Å². The van der Waals surface area contributed by atoms with Crippen LogP contribution < -0.4 is 5.43 Å². The molecule has 2 aromatic heterocycles. The number of aromatic carboxylic acids is 1. The summed E-state index contributed by atoms with van der Waals surface area (Å²) in [5, 5.41) is 9.28. The second-order valence-electron chi connectivity index (χ2n) is 4.58. The Morgan fingerprint density at radius 3 is 2.68 bits per heavy atom. The molecule has 0 atom stereocenters. The van der Waals surface area contributed by atoms with Crippen molar-refractivity contribution in [3.8, 4) is 0 Å². The van der Waals surface area contributed by atoms with Crippen LogP contribution in [0.25, 0.3) is 11.0 Å². The summed E-state index contributed by atoms with van der Waals surface area (Å²) in [6, 6.07) is 0. The molecule has 0 aliphatic heterocycles. The van der Waals surface area contributed by atoms with E-state index in [9.17, 15) is 9.59 Å². The van der Waals surface area contributed by atoms with Crippen molar-refractivity contribution in [2.45, 2.75) is 33.2 Å². The van der Waals surface area contributed by atoms with Crippen LogP contribution in [0, 0.1) is 0 Å². The maximum Gasteiger partial charge on any atom is 0.341 e. The normalized spacial score (nSPS) is 11.2. The topological polar surface area (TPSA) is 85.1 Å². The Balaban J connectivity index is 2.86. The van der Waals surface area contributed by atoms with Gasteiger partial charge in [0, 0.05) is 24.9 Å². The maximum absolute atomic E-state index is 12.0. The number of carboxylic acid groups (broad SMARTS) is 1. The van der Waals surface area contributed by atoms with Crippen molar-refractivity contribution in [2.24, 2.45) is 0 Å². The molecule has 0 radical (unpaired) electrons. The number of carboxylic acids is 1. The van der Waals surface area contributed by atoms with Crippen LogP contribution in [-0.2, 0) is 6.54 Å². The van der Waals surface area contributed by atoms with Gasteiger partial charge in [-0.25, -0.2) is 14.8 Å². The number of rotatable bonds is 3. The fraction of sp³-hybridized carbons (Fsp3) is 0.385. The van der Waals surface area contributed by atoms with E-state index in [1.54, 1.807) is 4.57 Å². The molecular weight excluding hydrogens is 246 g/mol. The minimum atomic E-state index is -1.23. The first-order chi connectivity index (χ1) is 8.95. The summed E-state index contributed by atoms with van der Waals surface area (Å²) < 4.78 is 1.66. The first-order valence-corrected chi connectivity index (χ1v) is 6.09. The fourth-order valence-corrected chi connectivity index (χ4v) is 1.86. The van der Waals surface area contributed by atoms with Crippen molar-refractivity contribution < 1.29 is 9.90 Å². The maximum atomic E-state index is 12.0. The lowest BCUT2D eigenvalue weighted by atomic mass is 10.2. The van der Waals surface area contributed by atoms with Gasteiger partial charge in [0.15, 0.2) is 0 Å². The van der Waals surface area contributed by atoms with E-state index < -0.39 is 11.4 Å². The van der Waals surface area contributed by atoms with Crippen LogP contribution in [0.2, 0.25) is 0 Å². The van der Waals surface area contributed by atoms with Gasteiger partial charge in [0.2, 0.25) is 5.43 Å². The average Bonchev–Trinajstić information content (AvgIpc) is 2.38. The first kappa shape index (κ1) is 13.2. The van der Waals surface area contributed by atoms with Gasteiger partial charge >= 0.3 is 5.97 Å². The minimum absolute atomic E-state index is 0.143. The summed E-state index contributed by atoms with van der Waals surface area (Å²) in [6.45, 7) is 6.32. The Labute approximate surface area is 109 Å². The molecule has 0 aromatic carbocycles. The highest BCUT2D eigenvalue weighted by Gasteiger charge is 2.16. The molecule has 100 valence electrons. The molecule has 0 aliphatic carbocycles. The number of fused-ring (bicyclic) bond motifs is 1. The predicted molar refractivity (Wildman–Crippen MR) is 70.5 cm³/mol. The van der Waals surface area contributed by atoms with Crippen molar-refractivity contribution in [1.82, 2.24) is 14.5 Å². The summed E-state index contributed by atoms with van der Waals surface area (Å²) >= 11 is 0. The number of carbonyl (C=O) groups is 1. The minimum Gasteiger partial charge on any atom is -0.477 e. The highest BCUT2D eigenvalue weighted by atomic mass is 16.4. The van der Waals surface area contributed by atoms with Gasteiger partial charge in [0.05, 0.1) is 5.39 Å². The zero-order valence-electron chi connectivity index (χ0n) is 11.0. The van der Waals surface area contributed by atoms with E-state index in [-0.39, 0.29) is 16.9 Å². The standard InChI is InChI=1S/C13H15N3O3/c1-4-16-6-9(13(18)19)10(17)8-5-14-11(7(2)3)15-12(8)16/h5-7H,4H2,1-3H3,(H,18,19). The molecule has 19 heavy (non-hydrogen) atoms. The molecule has 6 heteroatoms. The van der Waals surface area contributed by atoms with Gasteiger partial charge < -0.3 is 9.67 Å². The molecule has 0 amide bonds. The van der Waals surface area contributed by atoms with Crippen molar-refractivity contribution in [3.05, 3.63) is 34.0 Å². The highest BCUT2D eigenvalue weighted by Crippen LogP contribution is 2.14. The molecule has 0 unspecified atom stereocenters. The fourth-order valence-electron chi connectivity index (χ4n) is 1.86. The van der Waals surface area contributed by atoms with Gasteiger partial charge in [0.25, 0.3) is 0 Å². The summed E-state index contributed by atoms with van der Waals surface area (Å²) in [4.78, 5) is 31.6. The molecule has 0 fully saturated rings. The lowest BCUT2D eigenvalue weighted by molar-refractivity contribution is 0.0695. The lowest BCUT2D eigenvalue weighted by Gasteiger charge is -2.11. The van der Waals surface area contributed by atoms with Crippen LogP contribution in [0.15, 0.2) is 17.2 Å². The van der Waals surface area contributed by atoms with Gasteiger partial charge in [-0.1, -0.05) is 13.8 Å². The van der Waals surface area contributed by atoms with Gasteiger partial charge in [-0.2, -0.15) is 0 Å². The molecule has 0 bridgehead atoms. The SMILES string of the molecule is CCn1cc(C(=O)O)c(=O)c2cnc(C(C)C)nc21. The summed E-state index contributed by atoms with van der Waals surface area (Å²) in [5.41, 5.74) is -0.311. The summed E-state index contributed by atoms with van der Waals surface area (Å²) in [6.07, 6.45) is 2.75. The predicted octanol–water partition coefficient (Wildman–Crippen LogP) is 1.63. The lowest BCUT2D eigenvalue weighted by Crippen LogP contribution is -2.20. The van der Waals surface area contributed by atoms with Crippen molar-refractivity contribution >= 4 is 17.0 Å². The smallest absolute Gasteiger partial charge is 0.341 e. The van der Waals surface area contributed by atoms with E-state index in [1.165, 1.54) is 12.4 Å². The van der Waals surface area contributed by atoms with Crippen molar-refractivity contribution in [1.29, 1.82) is 0 Å². The number of nitrogens with zero attached hydrogens (tertiary/aromatic N) is 3. The third kappa shape index (κ3) is 2.21. The van der Waals surface area contributed by atoms with E-state index in [0.717, 1.165) is 0 Å². The largest absolute Gasteiger partial charge is 0.477 e. The third-order valence-corrected chi connectivity index (χ3v) is 2.92. The van der Waals surface area contributed by atoms with Gasteiger partial charge in [-0.3, -0.25) is 4.79 Å². The number of aryl methyl sites for hydroxylation is 1. The first-order valence-electron chi connectivity index (χ1n) is 6.09. The van der Waals surface area contributed by atoms with Gasteiger partial charge in [-0.05, 0) is 6.92 Å². The zero-order valence-corrected chi connectivity index (χ0v) is 11.0. The molecule has 0 saturated carbocycles. The Hall–Kier alpha value is -2.24. The van der Waals surface area contributed by atoms with E-state index in [0.29, 0.717) is 18.0 Å². The zero-order chi connectivity index (χ0) is 14.2. The molecule has 2 heterocycles. The Morgan fingerprint density at radius 1 is 1.47 bits per heavy atom. The molecular formula is C13H15N3O3. The Kier molecular flexibility index (Phi) is 3.33. The Morgan fingerprint density at radius 2 is 2.16 bits per heavy atom. The molecule has 1 N–H and O–H groups in total. The summed E-state index contributed by atoms with van der Waals surface area (Å²) in [5.74, 6) is -0.455. The number of aromatic nitrogens is 3. The second kappa shape index (κ2) is 4.79. The van der Waals surface area contributed by atoms with Crippen LogP contribution in [0.4, 0.5) is 0 Å². The van der Waals surface area contributed by atoms with E-state index in [4.69, 9.17) is 5.11 Å². The molecule has 0 spiro atoms. The third-order valence-electron chi connectivity index (χ3n) is 2.92. The van der Waals surface area contributed by atoms with Gasteiger partial charge in [-0.15, -0.1) is 0 Å². The second-order valence-corrected chi connectivity index (χ2v) is 4.58. The van der Waals surface area contributed by atoms with E-state index in [2.05, 4.69) is 9.97 Å². The van der Waals surface area contributed by atoms with Gasteiger partial charge in [0.1, 0.15) is 17.0 Å². The number of hydrogen-bond donors (Lipinski definition) is 1. The number of hydrogen-bond acceptors (Lipinski definition) is 4. The van der Waals surface area contributed by atoms with Crippen molar-refractivity contribution in [3.63, 3.8) is 0 Å². The average molecular weight is 261 g/mol. The van der Waals surface area contributed by atoms with Crippen LogP contribution in [0.1, 0.15) is 42.9 Å². The highest BCUT2D eigenvalue weighted by molar-refractivity contribution is 5.91. The van der Waals surface area contributed by atoms with Crippen LogP contribution in [0.5, 0.6) is 0 Å². The molecule has 6 nitrogen and oxygen atoms in total. The molecule has 0 aliphatic rings. The number of pyridine rings is 1. The summed E-state index contributed by atoms with van der Waals surface area (Å²) in [7, 11) is 0. The monoisotopic (exact) mass is 261 g/mol. The van der Waals surface area contributed by atoms with Crippen LogP contribution in [-0.4, -0.2) is 25.6 Å². The van der Waals surface area contributed by atoms with E-state index in [1.807, 2.05) is 20.8 Å². The molecule has 2 aromatic rings. The molecule has 0 saturated heterocycles. The molecule has 2 rings (SSSR count). The van der Waals surface area contributed by atoms with E-state index >= 15 is 0 Å². The Bertz CT molecular complexity index is 704. The van der Waals surface area contributed by atoms with Crippen LogP contribution in [0.3, 0.4) is 0 Å².